The van der Waals surface area contributed by atoms with Crippen molar-refractivity contribution in [2.45, 2.75) is 77.7 Å². The van der Waals surface area contributed by atoms with Crippen molar-refractivity contribution in [1.29, 1.82) is 0 Å². The number of hydrogen-bond acceptors (Lipinski definition) is 5. The zero-order valence-electron chi connectivity index (χ0n) is 22.5. The summed E-state index contributed by atoms with van der Waals surface area (Å²) in [5.74, 6) is -1.21. The molecule has 2 aromatic rings. The molecule has 37 heavy (non-hydrogen) atoms. The zero-order valence-corrected chi connectivity index (χ0v) is 22.5. The molecule has 1 N–H and O–H groups in total. The Labute approximate surface area is 219 Å². The van der Waals surface area contributed by atoms with Gasteiger partial charge in [-0.2, -0.15) is 0 Å². The Balaban J connectivity index is 1.69. The minimum Gasteiger partial charge on any atom is -0.369 e. The lowest BCUT2D eigenvalue weighted by Gasteiger charge is -2.28. The van der Waals surface area contributed by atoms with Gasteiger partial charge in [-0.15, -0.1) is 0 Å². The fourth-order valence-corrected chi connectivity index (χ4v) is 5.14. The molecule has 0 spiro atoms. The molecule has 2 aliphatic rings. The Morgan fingerprint density at radius 2 is 1.95 bits per heavy atom. The van der Waals surface area contributed by atoms with Gasteiger partial charge in [0.2, 0.25) is 0 Å². The van der Waals surface area contributed by atoms with Crippen molar-refractivity contribution in [1.82, 2.24) is 14.9 Å². The normalized spacial score (nSPS) is 17.7. The second-order valence-electron chi connectivity index (χ2n) is 10.4. The largest absolute Gasteiger partial charge is 0.369 e. The maximum atomic E-state index is 14.5. The number of benzene rings is 1. The molecule has 1 aromatic heterocycles. The number of hydrogen-bond donors (Lipinski definition) is 1. The highest BCUT2D eigenvalue weighted by Gasteiger charge is 2.34. The monoisotopic (exact) mass is 507 g/mol. The second-order valence-corrected chi connectivity index (χ2v) is 10.4. The summed E-state index contributed by atoms with van der Waals surface area (Å²) in [4.78, 5) is 16.6. The molecule has 5 nitrogen and oxygen atoms in total. The molecule has 2 heterocycles. The average Bonchev–Trinajstić information content (AvgIpc) is 2.87. The van der Waals surface area contributed by atoms with Gasteiger partial charge in [0.25, 0.3) is 5.92 Å². The van der Waals surface area contributed by atoms with E-state index in [-0.39, 0.29) is 11.5 Å². The van der Waals surface area contributed by atoms with E-state index < -0.39 is 5.92 Å². The van der Waals surface area contributed by atoms with Crippen LogP contribution in [-0.2, 0) is 13.0 Å². The first-order chi connectivity index (χ1) is 17.8. The van der Waals surface area contributed by atoms with Crippen molar-refractivity contribution in [3.8, 4) is 0 Å². The molecule has 198 valence electrons. The van der Waals surface area contributed by atoms with E-state index in [1.807, 2.05) is 12.1 Å². The van der Waals surface area contributed by atoms with Crippen molar-refractivity contribution in [2.75, 3.05) is 25.5 Å². The highest BCUT2D eigenvalue weighted by atomic mass is 19.3. The van der Waals surface area contributed by atoms with Crippen LogP contribution in [-0.4, -0.2) is 47.1 Å². The minimum absolute atomic E-state index is 0.0810. The first-order valence-electron chi connectivity index (χ1n) is 13.5. The lowest BCUT2D eigenvalue weighted by atomic mass is 9.83. The van der Waals surface area contributed by atoms with Crippen molar-refractivity contribution < 1.29 is 8.78 Å². The minimum atomic E-state index is -2.89. The van der Waals surface area contributed by atoms with Crippen LogP contribution in [0.4, 0.5) is 14.6 Å². The van der Waals surface area contributed by atoms with Gasteiger partial charge in [-0.3, -0.25) is 9.89 Å². The summed E-state index contributed by atoms with van der Waals surface area (Å²) in [6.07, 6.45) is 8.38. The predicted octanol–water partition coefficient (Wildman–Crippen LogP) is 7.03. The number of aromatic nitrogens is 2. The van der Waals surface area contributed by atoms with Crippen LogP contribution in [0.1, 0.15) is 81.4 Å². The van der Waals surface area contributed by atoms with Gasteiger partial charge in [-0.25, -0.2) is 18.7 Å². The van der Waals surface area contributed by atoms with Crippen molar-refractivity contribution in [3.05, 3.63) is 69.8 Å². The molecule has 0 saturated heterocycles. The number of rotatable bonds is 11. The summed E-state index contributed by atoms with van der Waals surface area (Å²) in [6, 6.07) is 10.4. The zero-order chi connectivity index (χ0) is 26.4. The van der Waals surface area contributed by atoms with Gasteiger partial charge in [0.05, 0.1) is 17.9 Å². The molecule has 1 aromatic carbocycles. The van der Waals surface area contributed by atoms with Crippen LogP contribution in [0.5, 0.6) is 0 Å². The highest BCUT2D eigenvalue weighted by molar-refractivity contribution is 5.71. The van der Waals surface area contributed by atoms with Crippen LogP contribution in [0.25, 0.3) is 6.08 Å². The van der Waals surface area contributed by atoms with Crippen LogP contribution in [0.2, 0.25) is 0 Å². The summed E-state index contributed by atoms with van der Waals surface area (Å²) < 4.78 is 28.9. The second kappa shape index (κ2) is 12.1. The van der Waals surface area contributed by atoms with Gasteiger partial charge in [-0.1, -0.05) is 50.6 Å². The number of nitrogens with zero attached hydrogens (tertiary/aromatic N) is 4. The van der Waals surface area contributed by atoms with Gasteiger partial charge >= 0.3 is 0 Å². The molecular formula is C30H39F2N5. The van der Waals surface area contributed by atoms with Crippen LogP contribution in [0.15, 0.2) is 52.2 Å². The summed E-state index contributed by atoms with van der Waals surface area (Å²) in [5.41, 5.74) is 4.55. The Morgan fingerprint density at radius 3 is 2.68 bits per heavy atom. The van der Waals surface area contributed by atoms with Gasteiger partial charge in [0.15, 0.2) is 0 Å². The van der Waals surface area contributed by atoms with Gasteiger partial charge in [0.1, 0.15) is 11.6 Å². The van der Waals surface area contributed by atoms with Crippen molar-refractivity contribution >= 4 is 18.1 Å². The number of halogens is 2. The van der Waals surface area contributed by atoms with E-state index in [1.54, 1.807) is 6.21 Å². The first kappa shape index (κ1) is 27.1. The molecule has 1 unspecified atom stereocenters. The van der Waals surface area contributed by atoms with Crippen LogP contribution >= 0.6 is 0 Å². The fourth-order valence-electron chi connectivity index (χ4n) is 5.14. The van der Waals surface area contributed by atoms with E-state index in [4.69, 9.17) is 9.97 Å². The van der Waals surface area contributed by atoms with Crippen LogP contribution in [0.3, 0.4) is 0 Å². The third-order valence-electron chi connectivity index (χ3n) is 7.07. The lowest BCUT2D eigenvalue weighted by Crippen LogP contribution is -2.23. The smallest absolute Gasteiger partial charge is 0.268 e. The molecule has 1 aliphatic carbocycles. The summed E-state index contributed by atoms with van der Waals surface area (Å²) in [6.45, 7) is 7.65. The SMILES string of the molecule is CCCCN(C)Cc1nc2c(c(NCCc3ccccc3)n1)C(C)CC(C1=C(C(C)(F)F)CCC=N1)=C2. The topological polar surface area (TPSA) is 53.4 Å². The summed E-state index contributed by atoms with van der Waals surface area (Å²) in [7, 11) is 2.09. The standard InChI is InChI=1S/C30H39F2N5/c1-5-6-17-37(4)20-26-35-25-19-23(28-24(30(3,31)32)13-10-15-33-28)18-21(2)27(25)29(36-26)34-16-14-22-11-8-7-9-12-22/h7-9,11-12,15,19,21H,5-6,10,13-14,16-18,20H2,1-4H3,(H,34,35,36). The molecule has 0 saturated carbocycles. The van der Waals surface area contributed by atoms with Gasteiger partial charge < -0.3 is 5.32 Å². The molecule has 0 fully saturated rings. The lowest BCUT2D eigenvalue weighted by molar-refractivity contribution is 0.0585. The summed E-state index contributed by atoms with van der Waals surface area (Å²) in [5, 5.41) is 3.58. The van der Waals surface area contributed by atoms with Gasteiger partial charge in [-0.05, 0) is 68.8 Å². The Kier molecular flexibility index (Phi) is 8.85. The number of nitrogens with one attached hydrogen (secondary N) is 1. The Hall–Kier alpha value is -2.93. The van der Waals surface area contributed by atoms with Crippen LogP contribution < -0.4 is 5.32 Å². The number of anilines is 1. The van der Waals surface area contributed by atoms with E-state index >= 15 is 0 Å². The first-order valence-corrected chi connectivity index (χ1v) is 13.5. The molecule has 1 aliphatic heterocycles. The molecule has 1 atom stereocenters. The number of fused-ring (bicyclic) bond motifs is 1. The van der Waals surface area contributed by atoms with E-state index in [0.29, 0.717) is 31.5 Å². The number of unbranched alkanes of at least 4 members (excludes halogenated alkanes) is 1. The predicted molar refractivity (Wildman–Crippen MR) is 148 cm³/mol. The maximum Gasteiger partial charge on any atom is 0.268 e. The molecule has 4 rings (SSSR count). The van der Waals surface area contributed by atoms with E-state index in [2.05, 4.69) is 60.4 Å². The van der Waals surface area contributed by atoms with Gasteiger partial charge in [0, 0.05) is 30.8 Å². The molecule has 7 heteroatoms. The molecular weight excluding hydrogens is 468 g/mol. The summed E-state index contributed by atoms with van der Waals surface area (Å²) >= 11 is 0. The van der Waals surface area contributed by atoms with E-state index in [9.17, 15) is 8.78 Å². The van der Waals surface area contributed by atoms with E-state index in [1.165, 1.54) is 5.56 Å². The quantitative estimate of drug-likeness (QED) is 0.355. The van der Waals surface area contributed by atoms with Crippen LogP contribution in [0, 0.1) is 0 Å². The van der Waals surface area contributed by atoms with Crippen molar-refractivity contribution in [2.24, 2.45) is 4.99 Å². The number of aliphatic imine (C=N–C) groups is 1. The number of alkyl halides is 2. The third-order valence-corrected chi connectivity index (χ3v) is 7.07. The Morgan fingerprint density at radius 1 is 1.16 bits per heavy atom. The third kappa shape index (κ3) is 6.89. The molecule has 0 radical (unpaired) electrons. The number of allylic oxidation sites excluding steroid dienone is 2. The Bertz CT molecular complexity index is 1160. The van der Waals surface area contributed by atoms with E-state index in [0.717, 1.165) is 67.7 Å². The average molecular weight is 508 g/mol. The van der Waals surface area contributed by atoms with Crippen molar-refractivity contribution in [3.63, 3.8) is 0 Å². The highest BCUT2D eigenvalue weighted by Crippen LogP contribution is 2.43. The maximum absolute atomic E-state index is 14.5. The molecule has 0 bridgehead atoms. The fraction of sp³-hybridized carbons (Fsp3) is 0.500. The molecule has 0 amide bonds.